The molecule has 4 aliphatic carbocycles. The summed E-state index contributed by atoms with van der Waals surface area (Å²) in [5.41, 5.74) is -1.44. The number of fused-ring (bicyclic) bond motifs is 6. The fourth-order valence-electron chi connectivity index (χ4n) is 8.12. The molecule has 164 valence electrons. The van der Waals surface area contributed by atoms with Gasteiger partial charge in [0, 0.05) is 36.0 Å². The highest BCUT2D eigenvalue weighted by atomic mass is 16.6. The Morgan fingerprint density at radius 1 is 1.13 bits per heavy atom. The highest BCUT2D eigenvalue weighted by molar-refractivity contribution is 5.84. The topological polar surface area (TPSA) is 89.9 Å². The average molecular weight is 417 g/mol. The van der Waals surface area contributed by atoms with Gasteiger partial charge in [-0.15, -0.1) is 0 Å². The number of ether oxygens (including phenoxy) is 2. The zero-order valence-corrected chi connectivity index (χ0v) is 18.2. The molecule has 6 heteroatoms. The molecule has 1 aliphatic heterocycles. The summed E-state index contributed by atoms with van der Waals surface area (Å²) >= 11 is 0. The molecule has 0 aromatic carbocycles. The lowest BCUT2D eigenvalue weighted by Crippen LogP contribution is -2.67. The van der Waals surface area contributed by atoms with Gasteiger partial charge < -0.3 is 14.6 Å². The monoisotopic (exact) mass is 416 g/mol. The van der Waals surface area contributed by atoms with Crippen molar-refractivity contribution in [1.29, 1.82) is 0 Å². The largest absolute Gasteiger partial charge is 0.469 e. The number of methoxy groups -OCH3 is 1. The first-order valence-electron chi connectivity index (χ1n) is 11.4. The molecule has 4 fully saturated rings. The SMILES string of the molecule is COC(=O)[C@@H]1C=C2CC(=O)CCC2(C)[C@@]2(O)CCC3(C)C(CC[C@@]34CCC(=O)O4)C12. The summed E-state index contributed by atoms with van der Waals surface area (Å²) in [6.07, 6.45) is 7.40. The van der Waals surface area contributed by atoms with Crippen LogP contribution in [0.3, 0.4) is 0 Å². The van der Waals surface area contributed by atoms with Crippen LogP contribution in [0.1, 0.15) is 71.6 Å². The number of aliphatic hydroxyl groups is 1. The van der Waals surface area contributed by atoms with Crippen LogP contribution >= 0.6 is 0 Å². The molecule has 1 N–H and O–H groups in total. The molecule has 0 aromatic heterocycles. The van der Waals surface area contributed by atoms with Crippen molar-refractivity contribution < 1.29 is 29.0 Å². The fraction of sp³-hybridized carbons (Fsp3) is 0.792. The smallest absolute Gasteiger partial charge is 0.312 e. The van der Waals surface area contributed by atoms with Crippen molar-refractivity contribution >= 4 is 17.7 Å². The highest BCUT2D eigenvalue weighted by Gasteiger charge is 2.72. The van der Waals surface area contributed by atoms with Crippen molar-refractivity contribution in [3.8, 4) is 0 Å². The Labute approximate surface area is 177 Å². The molecule has 6 nitrogen and oxygen atoms in total. The highest BCUT2D eigenvalue weighted by Crippen LogP contribution is 2.71. The van der Waals surface area contributed by atoms with Crippen molar-refractivity contribution in [3.05, 3.63) is 11.6 Å². The molecule has 30 heavy (non-hydrogen) atoms. The number of rotatable bonds is 1. The third-order valence-electron chi connectivity index (χ3n) is 9.97. The van der Waals surface area contributed by atoms with E-state index < -0.39 is 22.5 Å². The van der Waals surface area contributed by atoms with E-state index in [-0.39, 0.29) is 35.0 Å². The summed E-state index contributed by atoms with van der Waals surface area (Å²) in [7, 11) is 1.39. The number of hydrogen-bond acceptors (Lipinski definition) is 6. The van der Waals surface area contributed by atoms with E-state index in [1.807, 2.05) is 6.08 Å². The van der Waals surface area contributed by atoms with E-state index in [2.05, 4.69) is 13.8 Å². The lowest BCUT2D eigenvalue weighted by atomic mass is 9.42. The number of esters is 2. The second kappa shape index (κ2) is 6.18. The molecule has 1 heterocycles. The normalized spacial score (nSPS) is 49.7. The average Bonchev–Trinajstić information content (AvgIpc) is 3.23. The minimum atomic E-state index is -1.07. The van der Waals surface area contributed by atoms with Gasteiger partial charge in [-0.1, -0.05) is 25.5 Å². The van der Waals surface area contributed by atoms with Crippen LogP contribution in [0.25, 0.3) is 0 Å². The molecule has 7 atom stereocenters. The molecule has 1 saturated heterocycles. The Morgan fingerprint density at radius 2 is 1.90 bits per heavy atom. The summed E-state index contributed by atoms with van der Waals surface area (Å²) in [6, 6.07) is 0. The van der Waals surface area contributed by atoms with Crippen LogP contribution in [0.15, 0.2) is 11.6 Å². The van der Waals surface area contributed by atoms with Gasteiger partial charge in [0.2, 0.25) is 0 Å². The van der Waals surface area contributed by atoms with E-state index in [0.29, 0.717) is 32.1 Å². The zero-order chi connectivity index (χ0) is 21.5. The maximum Gasteiger partial charge on any atom is 0.312 e. The number of hydrogen-bond donors (Lipinski definition) is 1. The molecule has 0 amide bonds. The van der Waals surface area contributed by atoms with Gasteiger partial charge in [0.05, 0.1) is 18.6 Å². The van der Waals surface area contributed by atoms with E-state index in [9.17, 15) is 19.5 Å². The van der Waals surface area contributed by atoms with Crippen molar-refractivity contribution in [2.45, 2.75) is 82.8 Å². The summed E-state index contributed by atoms with van der Waals surface area (Å²) in [5, 5.41) is 12.3. The molecule has 4 unspecified atom stereocenters. The Hall–Kier alpha value is -1.69. The second-order valence-corrected chi connectivity index (χ2v) is 10.8. The van der Waals surface area contributed by atoms with Crippen LogP contribution in [-0.2, 0) is 23.9 Å². The van der Waals surface area contributed by atoms with Gasteiger partial charge in [-0.2, -0.15) is 0 Å². The van der Waals surface area contributed by atoms with Crippen molar-refractivity contribution in [1.82, 2.24) is 0 Å². The first-order chi connectivity index (χ1) is 14.1. The Bertz CT molecular complexity index is 862. The quantitative estimate of drug-likeness (QED) is 0.522. The second-order valence-electron chi connectivity index (χ2n) is 10.8. The third kappa shape index (κ3) is 2.26. The molecule has 5 aliphatic rings. The molecule has 3 saturated carbocycles. The van der Waals surface area contributed by atoms with Gasteiger partial charge in [0.25, 0.3) is 0 Å². The van der Waals surface area contributed by atoms with Crippen LogP contribution in [-0.4, -0.2) is 41.1 Å². The fourth-order valence-corrected chi connectivity index (χ4v) is 8.12. The predicted octanol–water partition coefficient (Wildman–Crippen LogP) is 3.11. The predicted molar refractivity (Wildman–Crippen MR) is 107 cm³/mol. The molecule has 0 aromatic rings. The lowest BCUT2D eigenvalue weighted by molar-refractivity contribution is -0.220. The van der Waals surface area contributed by atoms with Crippen LogP contribution < -0.4 is 0 Å². The van der Waals surface area contributed by atoms with E-state index in [1.165, 1.54) is 7.11 Å². The Kier molecular flexibility index (Phi) is 4.17. The maximum absolute atomic E-state index is 12.9. The number of Topliss-reactive ketones (excluding diaryl/α,β-unsaturated/α-hetero) is 1. The van der Waals surface area contributed by atoms with Gasteiger partial charge in [0.15, 0.2) is 0 Å². The Balaban J connectivity index is 1.64. The standard InChI is InChI=1S/C24H32O6/c1-21-7-4-15(25)12-14(21)13-16(20(27)29-3)19-17-5-8-23(9-6-18(26)30-23)22(17,2)10-11-24(19,21)28/h13,16-17,19,28H,4-12H2,1-3H3/t16-,17?,19?,21?,22?,23-,24-/m1/s1. The van der Waals surface area contributed by atoms with E-state index >= 15 is 0 Å². The maximum atomic E-state index is 12.9. The van der Waals surface area contributed by atoms with Gasteiger partial charge in [-0.25, -0.2) is 0 Å². The molecular weight excluding hydrogens is 384 g/mol. The molecule has 0 radical (unpaired) electrons. The minimum Gasteiger partial charge on any atom is -0.469 e. The van der Waals surface area contributed by atoms with Crippen molar-refractivity contribution in [2.75, 3.05) is 7.11 Å². The van der Waals surface area contributed by atoms with Crippen LogP contribution in [0, 0.1) is 28.6 Å². The number of carbonyl (C=O) groups is 3. The zero-order valence-electron chi connectivity index (χ0n) is 18.2. The molecular formula is C24H32O6. The van der Waals surface area contributed by atoms with Gasteiger partial charge in [-0.3, -0.25) is 14.4 Å². The van der Waals surface area contributed by atoms with Crippen LogP contribution in [0.4, 0.5) is 0 Å². The van der Waals surface area contributed by atoms with Crippen molar-refractivity contribution in [3.63, 3.8) is 0 Å². The summed E-state index contributed by atoms with van der Waals surface area (Å²) in [4.78, 5) is 37.2. The summed E-state index contributed by atoms with van der Waals surface area (Å²) in [5.74, 6) is -1.14. The van der Waals surface area contributed by atoms with Gasteiger partial charge in [-0.05, 0) is 44.4 Å². The first kappa shape index (κ1) is 20.2. The van der Waals surface area contributed by atoms with Crippen LogP contribution in [0.2, 0.25) is 0 Å². The first-order valence-corrected chi connectivity index (χ1v) is 11.4. The molecule has 0 bridgehead atoms. The summed E-state index contributed by atoms with van der Waals surface area (Å²) in [6.45, 7) is 4.28. The number of ketones is 1. The van der Waals surface area contributed by atoms with E-state index in [0.717, 1.165) is 31.3 Å². The van der Waals surface area contributed by atoms with Gasteiger partial charge in [0.1, 0.15) is 11.4 Å². The van der Waals surface area contributed by atoms with E-state index in [1.54, 1.807) is 0 Å². The van der Waals surface area contributed by atoms with Crippen LogP contribution in [0.5, 0.6) is 0 Å². The van der Waals surface area contributed by atoms with E-state index in [4.69, 9.17) is 9.47 Å². The molecule has 1 spiro atoms. The van der Waals surface area contributed by atoms with Crippen molar-refractivity contribution in [2.24, 2.45) is 28.6 Å². The minimum absolute atomic E-state index is 0.0542. The number of carbonyl (C=O) groups excluding carboxylic acids is 3. The lowest BCUT2D eigenvalue weighted by Gasteiger charge is -2.64. The third-order valence-corrected chi connectivity index (χ3v) is 9.97. The molecule has 5 rings (SSSR count). The summed E-state index contributed by atoms with van der Waals surface area (Å²) < 4.78 is 11.1. The Morgan fingerprint density at radius 3 is 2.57 bits per heavy atom. The van der Waals surface area contributed by atoms with Gasteiger partial charge >= 0.3 is 11.9 Å².